The van der Waals surface area contributed by atoms with Gasteiger partial charge >= 0.3 is 12.1 Å². The number of ether oxygens (including phenoxy) is 1. The monoisotopic (exact) mass is 338 g/mol. The molecular weight excluding hydrogens is 325 g/mol. The van der Waals surface area contributed by atoms with Gasteiger partial charge in [0.15, 0.2) is 6.61 Å². The average Bonchev–Trinajstić information content (AvgIpc) is 2.52. The molecule has 8 heteroatoms. The number of nitrogens with two attached hydrogens (primary N) is 1. The molecule has 0 saturated heterocycles. The lowest BCUT2D eigenvalue weighted by Crippen LogP contribution is -2.23. The van der Waals surface area contributed by atoms with Gasteiger partial charge in [0.25, 0.3) is 5.91 Å². The number of carbonyl (C=O) groups is 2. The highest BCUT2D eigenvalue weighted by atomic mass is 19.4. The zero-order chi connectivity index (χ0) is 17.7. The van der Waals surface area contributed by atoms with E-state index in [1.165, 1.54) is 24.3 Å². The molecule has 2 rings (SSSR count). The number of nitrogens with one attached hydrogen (secondary N) is 1. The van der Waals surface area contributed by atoms with E-state index in [4.69, 9.17) is 10.5 Å². The minimum Gasteiger partial charge on any atom is -0.452 e. The fourth-order valence-electron chi connectivity index (χ4n) is 1.92. The van der Waals surface area contributed by atoms with E-state index in [0.717, 1.165) is 12.1 Å². The number of benzene rings is 2. The van der Waals surface area contributed by atoms with E-state index in [0.29, 0.717) is 0 Å². The van der Waals surface area contributed by atoms with Crippen LogP contribution in [0, 0.1) is 0 Å². The van der Waals surface area contributed by atoms with E-state index in [1.54, 1.807) is 12.1 Å². The highest BCUT2D eigenvalue weighted by Gasteiger charge is 2.33. The molecule has 0 heterocycles. The van der Waals surface area contributed by atoms with Gasteiger partial charge in [-0.1, -0.05) is 24.3 Å². The minimum absolute atomic E-state index is 0.0704. The molecule has 0 radical (unpaired) electrons. The lowest BCUT2D eigenvalue weighted by Gasteiger charge is -2.13. The Hall–Kier alpha value is -3.03. The van der Waals surface area contributed by atoms with Crippen molar-refractivity contribution in [2.24, 2.45) is 0 Å². The average molecular weight is 338 g/mol. The maximum atomic E-state index is 12.8. The van der Waals surface area contributed by atoms with Crippen LogP contribution in [0.4, 0.5) is 24.5 Å². The molecule has 2 aromatic rings. The molecular formula is C16H13F3N2O3. The van der Waals surface area contributed by atoms with Gasteiger partial charge in [0, 0.05) is 5.69 Å². The van der Waals surface area contributed by atoms with Gasteiger partial charge in [0.05, 0.1) is 16.8 Å². The fourth-order valence-corrected chi connectivity index (χ4v) is 1.92. The molecule has 3 N–H and O–H groups in total. The largest absolute Gasteiger partial charge is 0.452 e. The highest BCUT2D eigenvalue weighted by Crippen LogP contribution is 2.34. The third-order valence-electron chi connectivity index (χ3n) is 3.02. The second-order valence-electron chi connectivity index (χ2n) is 4.75. The van der Waals surface area contributed by atoms with Crippen LogP contribution in [-0.2, 0) is 15.7 Å². The number of halogens is 3. The summed E-state index contributed by atoms with van der Waals surface area (Å²) in [5.41, 5.74) is 4.43. The number of rotatable bonds is 4. The minimum atomic E-state index is -4.61. The van der Waals surface area contributed by atoms with Crippen molar-refractivity contribution in [1.82, 2.24) is 0 Å². The summed E-state index contributed by atoms with van der Waals surface area (Å²) in [5.74, 6) is -1.73. The molecule has 0 spiro atoms. The van der Waals surface area contributed by atoms with Crippen LogP contribution < -0.4 is 11.1 Å². The van der Waals surface area contributed by atoms with E-state index in [9.17, 15) is 22.8 Å². The lowest BCUT2D eigenvalue weighted by atomic mass is 10.1. The van der Waals surface area contributed by atoms with Crippen LogP contribution in [-0.4, -0.2) is 18.5 Å². The number of esters is 1. The second-order valence-corrected chi connectivity index (χ2v) is 4.75. The Kier molecular flexibility index (Phi) is 5.08. The summed E-state index contributed by atoms with van der Waals surface area (Å²) in [5, 5.41) is 2.07. The number of carbonyl (C=O) groups excluding carboxylic acids is 2. The topological polar surface area (TPSA) is 81.4 Å². The quantitative estimate of drug-likeness (QED) is 0.663. The summed E-state index contributed by atoms with van der Waals surface area (Å²) in [6, 6.07) is 10.6. The Bertz CT molecular complexity index is 760. The summed E-state index contributed by atoms with van der Waals surface area (Å²) in [6.07, 6.45) is -4.61. The third-order valence-corrected chi connectivity index (χ3v) is 3.02. The van der Waals surface area contributed by atoms with Gasteiger partial charge in [-0.3, -0.25) is 4.79 Å². The van der Waals surface area contributed by atoms with Crippen LogP contribution >= 0.6 is 0 Å². The van der Waals surface area contributed by atoms with E-state index >= 15 is 0 Å². The van der Waals surface area contributed by atoms with Crippen LogP contribution in [0.5, 0.6) is 0 Å². The molecule has 0 saturated carbocycles. The molecule has 0 atom stereocenters. The number of nitrogen functional groups attached to an aromatic ring is 1. The fraction of sp³-hybridized carbons (Fsp3) is 0.125. The number of alkyl halides is 3. The molecule has 0 bridgehead atoms. The van der Waals surface area contributed by atoms with Crippen molar-refractivity contribution in [3.63, 3.8) is 0 Å². The van der Waals surface area contributed by atoms with Crippen LogP contribution in [0.1, 0.15) is 15.9 Å². The van der Waals surface area contributed by atoms with Crippen LogP contribution in [0.15, 0.2) is 48.5 Å². The molecule has 0 aliphatic heterocycles. The van der Waals surface area contributed by atoms with Crippen molar-refractivity contribution in [1.29, 1.82) is 0 Å². The zero-order valence-corrected chi connectivity index (χ0v) is 12.3. The molecule has 0 aliphatic carbocycles. The number of amides is 1. The number of hydrogen-bond acceptors (Lipinski definition) is 4. The molecule has 24 heavy (non-hydrogen) atoms. The Balaban J connectivity index is 2.00. The van der Waals surface area contributed by atoms with E-state index in [2.05, 4.69) is 5.32 Å². The van der Waals surface area contributed by atoms with Gasteiger partial charge in [0.2, 0.25) is 0 Å². The molecule has 5 nitrogen and oxygen atoms in total. The first-order valence-electron chi connectivity index (χ1n) is 6.76. The van der Waals surface area contributed by atoms with Crippen LogP contribution in [0.25, 0.3) is 0 Å². The summed E-state index contributed by atoms with van der Waals surface area (Å²) < 4.78 is 43.2. The summed E-state index contributed by atoms with van der Waals surface area (Å²) >= 11 is 0. The van der Waals surface area contributed by atoms with Gasteiger partial charge in [-0.05, 0) is 24.3 Å². The Morgan fingerprint density at radius 3 is 2.33 bits per heavy atom. The maximum absolute atomic E-state index is 12.8. The molecule has 2 aromatic carbocycles. The smallest absolute Gasteiger partial charge is 0.418 e. The maximum Gasteiger partial charge on any atom is 0.418 e. The third kappa shape index (κ3) is 4.25. The predicted molar refractivity (Wildman–Crippen MR) is 81.2 cm³/mol. The molecule has 0 aliphatic rings. The molecule has 0 fully saturated rings. The normalized spacial score (nSPS) is 11.0. The summed E-state index contributed by atoms with van der Waals surface area (Å²) in [4.78, 5) is 23.5. The molecule has 0 unspecified atom stereocenters. The first-order chi connectivity index (χ1) is 11.3. The van der Waals surface area contributed by atoms with Crippen molar-refractivity contribution >= 4 is 23.3 Å². The van der Waals surface area contributed by atoms with E-state index < -0.39 is 35.9 Å². The summed E-state index contributed by atoms with van der Waals surface area (Å²) in [7, 11) is 0. The van der Waals surface area contributed by atoms with Gasteiger partial charge in [-0.25, -0.2) is 4.79 Å². The number of hydrogen-bond donors (Lipinski definition) is 2. The first-order valence-corrected chi connectivity index (χ1v) is 6.76. The van der Waals surface area contributed by atoms with Crippen LogP contribution in [0.2, 0.25) is 0 Å². The van der Waals surface area contributed by atoms with Crippen molar-refractivity contribution in [2.45, 2.75) is 6.18 Å². The SMILES string of the molecule is Nc1ccccc1C(=O)OCC(=O)Nc1ccccc1C(F)(F)F. The summed E-state index contributed by atoms with van der Waals surface area (Å²) in [6.45, 7) is -0.737. The van der Waals surface area contributed by atoms with Gasteiger partial charge < -0.3 is 15.8 Å². The molecule has 1 amide bonds. The predicted octanol–water partition coefficient (Wildman–Crippen LogP) is 3.08. The number of anilines is 2. The van der Waals surface area contributed by atoms with Crippen molar-refractivity contribution in [3.05, 3.63) is 59.7 Å². The first kappa shape index (κ1) is 17.3. The zero-order valence-electron chi connectivity index (χ0n) is 12.3. The Morgan fingerprint density at radius 2 is 1.67 bits per heavy atom. The van der Waals surface area contributed by atoms with E-state index in [-0.39, 0.29) is 11.3 Å². The lowest BCUT2D eigenvalue weighted by molar-refractivity contribution is -0.137. The molecule has 0 aromatic heterocycles. The van der Waals surface area contributed by atoms with Gasteiger partial charge in [0.1, 0.15) is 0 Å². The standard InChI is InChI=1S/C16H13F3N2O3/c17-16(18,19)11-6-2-4-8-13(11)21-14(22)9-24-15(23)10-5-1-3-7-12(10)20/h1-8H,9,20H2,(H,21,22). The molecule has 126 valence electrons. The van der Waals surface area contributed by atoms with Crippen LogP contribution in [0.3, 0.4) is 0 Å². The van der Waals surface area contributed by atoms with Crippen molar-refractivity contribution in [2.75, 3.05) is 17.7 Å². The Labute approximate surface area is 135 Å². The van der Waals surface area contributed by atoms with E-state index in [1.807, 2.05) is 0 Å². The van der Waals surface area contributed by atoms with Crippen molar-refractivity contribution in [3.8, 4) is 0 Å². The van der Waals surface area contributed by atoms with Gasteiger partial charge in [-0.2, -0.15) is 13.2 Å². The Morgan fingerprint density at radius 1 is 1.04 bits per heavy atom. The van der Waals surface area contributed by atoms with Gasteiger partial charge in [-0.15, -0.1) is 0 Å². The highest BCUT2D eigenvalue weighted by molar-refractivity contribution is 5.98. The van der Waals surface area contributed by atoms with Crippen molar-refractivity contribution < 1.29 is 27.5 Å². The number of para-hydroxylation sites is 2. The second kappa shape index (κ2) is 7.03.